The monoisotopic (exact) mass is 391 g/mol. The van der Waals surface area contributed by atoms with E-state index in [0.29, 0.717) is 35.6 Å². The Morgan fingerprint density at radius 2 is 1.83 bits per heavy atom. The fourth-order valence-electron chi connectivity index (χ4n) is 3.96. The molecule has 0 spiro atoms. The molecule has 1 amide bonds. The van der Waals surface area contributed by atoms with Gasteiger partial charge in [-0.3, -0.25) is 9.59 Å². The van der Waals surface area contributed by atoms with E-state index in [4.69, 9.17) is 9.15 Å². The number of hydrogen-bond donors (Lipinski definition) is 0. The SMILES string of the molecule is COCCN1C(=O)c2oc3ccc(C)cc3c(=O)c2[C@H]1c1ccc(C(C)C)cc1. The second-order valence-electron chi connectivity index (χ2n) is 7.89. The summed E-state index contributed by atoms with van der Waals surface area (Å²) in [6.07, 6.45) is 0. The summed E-state index contributed by atoms with van der Waals surface area (Å²) in [6, 6.07) is 13.1. The van der Waals surface area contributed by atoms with Crippen LogP contribution in [-0.4, -0.2) is 31.1 Å². The van der Waals surface area contributed by atoms with Gasteiger partial charge in [-0.2, -0.15) is 0 Å². The van der Waals surface area contributed by atoms with Crippen molar-refractivity contribution < 1.29 is 13.9 Å². The summed E-state index contributed by atoms with van der Waals surface area (Å²) in [5.41, 5.74) is 3.80. The first-order chi connectivity index (χ1) is 13.9. The molecule has 29 heavy (non-hydrogen) atoms. The fraction of sp³-hybridized carbons (Fsp3) is 0.333. The largest absolute Gasteiger partial charge is 0.450 e. The van der Waals surface area contributed by atoms with Crippen molar-refractivity contribution in [2.45, 2.75) is 32.7 Å². The standard InChI is InChI=1S/C24H25NO4/c1-14(2)16-6-8-17(9-7-16)21-20-22(26)18-13-15(3)5-10-19(18)29-23(20)24(27)25(21)11-12-28-4/h5-10,13-14,21H,11-12H2,1-4H3/t21-/m1/s1. The molecule has 2 heterocycles. The van der Waals surface area contributed by atoms with Crippen LogP contribution >= 0.6 is 0 Å². The first kappa shape index (κ1) is 19.4. The Hall–Kier alpha value is -2.92. The second-order valence-corrected chi connectivity index (χ2v) is 7.89. The highest BCUT2D eigenvalue weighted by atomic mass is 16.5. The molecule has 0 unspecified atom stereocenters. The molecule has 0 bridgehead atoms. The average Bonchev–Trinajstić information content (AvgIpc) is 2.99. The second kappa shape index (κ2) is 7.48. The van der Waals surface area contributed by atoms with E-state index in [1.54, 1.807) is 18.1 Å². The fourth-order valence-corrected chi connectivity index (χ4v) is 3.96. The molecule has 0 saturated carbocycles. The van der Waals surface area contributed by atoms with Crippen molar-refractivity contribution in [3.8, 4) is 0 Å². The summed E-state index contributed by atoms with van der Waals surface area (Å²) in [5, 5.41) is 0.508. The minimum atomic E-state index is -0.477. The molecule has 1 atom stereocenters. The van der Waals surface area contributed by atoms with Crippen LogP contribution in [0, 0.1) is 6.92 Å². The van der Waals surface area contributed by atoms with Gasteiger partial charge in [0.25, 0.3) is 5.91 Å². The molecule has 5 heteroatoms. The number of carbonyl (C=O) groups excluding carboxylic acids is 1. The number of aryl methyl sites for hydroxylation is 1. The topological polar surface area (TPSA) is 59.8 Å². The Bertz CT molecular complexity index is 1130. The van der Waals surface area contributed by atoms with Gasteiger partial charge in [0.2, 0.25) is 5.76 Å². The van der Waals surface area contributed by atoms with Crippen molar-refractivity contribution in [1.82, 2.24) is 4.90 Å². The Morgan fingerprint density at radius 3 is 2.48 bits per heavy atom. The maximum Gasteiger partial charge on any atom is 0.290 e. The van der Waals surface area contributed by atoms with Crippen molar-refractivity contribution in [1.29, 1.82) is 0 Å². The molecule has 2 aromatic carbocycles. The van der Waals surface area contributed by atoms with Crippen molar-refractivity contribution in [2.75, 3.05) is 20.3 Å². The Kier molecular flexibility index (Phi) is 5.01. The molecule has 1 aliphatic rings. The zero-order chi connectivity index (χ0) is 20.7. The van der Waals surface area contributed by atoms with Crippen molar-refractivity contribution in [3.05, 3.63) is 80.7 Å². The molecular weight excluding hydrogens is 366 g/mol. The van der Waals surface area contributed by atoms with Crippen LogP contribution in [0.2, 0.25) is 0 Å². The normalized spacial score (nSPS) is 16.1. The number of hydrogen-bond acceptors (Lipinski definition) is 4. The van der Waals surface area contributed by atoms with Crippen LogP contribution < -0.4 is 5.43 Å². The average molecular weight is 391 g/mol. The third kappa shape index (κ3) is 3.25. The van der Waals surface area contributed by atoms with E-state index in [0.717, 1.165) is 11.1 Å². The highest BCUT2D eigenvalue weighted by molar-refractivity contribution is 5.99. The Labute approximate surface area is 169 Å². The van der Waals surface area contributed by atoms with E-state index in [1.165, 1.54) is 5.56 Å². The molecule has 3 aromatic rings. The summed E-state index contributed by atoms with van der Waals surface area (Å²) < 4.78 is 11.2. The number of amides is 1. The smallest absolute Gasteiger partial charge is 0.290 e. The molecular formula is C24H25NO4. The lowest BCUT2D eigenvalue weighted by Gasteiger charge is -2.25. The Balaban J connectivity index is 1.92. The number of carbonyl (C=O) groups is 1. The van der Waals surface area contributed by atoms with E-state index in [1.807, 2.05) is 31.2 Å². The minimum absolute atomic E-state index is 0.139. The highest BCUT2D eigenvalue weighted by Gasteiger charge is 2.42. The van der Waals surface area contributed by atoms with Crippen LogP contribution in [0.3, 0.4) is 0 Å². The number of fused-ring (bicyclic) bond motifs is 2. The van der Waals surface area contributed by atoms with E-state index < -0.39 is 6.04 Å². The van der Waals surface area contributed by atoms with Crippen molar-refractivity contribution in [3.63, 3.8) is 0 Å². The third-order valence-corrected chi connectivity index (χ3v) is 5.58. The van der Waals surface area contributed by atoms with Crippen molar-refractivity contribution in [2.24, 2.45) is 0 Å². The van der Waals surface area contributed by atoms with Crippen LogP contribution in [-0.2, 0) is 4.74 Å². The maximum absolute atomic E-state index is 13.4. The van der Waals surface area contributed by atoms with Crippen LogP contribution in [0.25, 0.3) is 11.0 Å². The van der Waals surface area contributed by atoms with Gasteiger partial charge < -0.3 is 14.1 Å². The van der Waals surface area contributed by atoms with Gasteiger partial charge in [-0.05, 0) is 36.1 Å². The minimum Gasteiger partial charge on any atom is -0.450 e. The van der Waals surface area contributed by atoms with Gasteiger partial charge in [-0.1, -0.05) is 49.7 Å². The van der Waals surface area contributed by atoms with Crippen LogP contribution in [0.5, 0.6) is 0 Å². The first-order valence-corrected chi connectivity index (χ1v) is 9.89. The third-order valence-electron chi connectivity index (χ3n) is 5.58. The van der Waals surface area contributed by atoms with E-state index in [2.05, 4.69) is 26.0 Å². The lowest BCUT2D eigenvalue weighted by atomic mass is 9.95. The number of ether oxygens (including phenoxy) is 1. The lowest BCUT2D eigenvalue weighted by molar-refractivity contribution is 0.0663. The summed E-state index contributed by atoms with van der Waals surface area (Å²) in [7, 11) is 1.60. The zero-order valence-corrected chi connectivity index (χ0v) is 17.2. The lowest BCUT2D eigenvalue weighted by Crippen LogP contribution is -2.32. The molecule has 1 aromatic heterocycles. The predicted octanol–water partition coefficient (Wildman–Crippen LogP) is 4.42. The summed E-state index contributed by atoms with van der Waals surface area (Å²) in [4.78, 5) is 28.3. The molecule has 0 fully saturated rings. The van der Waals surface area contributed by atoms with Gasteiger partial charge in [-0.15, -0.1) is 0 Å². The quantitative estimate of drug-likeness (QED) is 0.646. The molecule has 0 aliphatic carbocycles. The van der Waals surface area contributed by atoms with Gasteiger partial charge in [0.1, 0.15) is 5.58 Å². The molecule has 150 valence electrons. The predicted molar refractivity (Wildman–Crippen MR) is 113 cm³/mol. The molecule has 4 rings (SSSR count). The molecule has 0 saturated heterocycles. The number of nitrogens with zero attached hydrogens (tertiary/aromatic N) is 1. The maximum atomic E-state index is 13.4. The molecule has 1 aliphatic heterocycles. The van der Waals surface area contributed by atoms with Gasteiger partial charge in [-0.25, -0.2) is 0 Å². The van der Waals surface area contributed by atoms with Crippen LogP contribution in [0.15, 0.2) is 51.7 Å². The van der Waals surface area contributed by atoms with Crippen LogP contribution in [0.1, 0.15) is 58.6 Å². The van der Waals surface area contributed by atoms with E-state index in [9.17, 15) is 9.59 Å². The molecule has 5 nitrogen and oxygen atoms in total. The Morgan fingerprint density at radius 1 is 1.10 bits per heavy atom. The van der Waals surface area contributed by atoms with Gasteiger partial charge >= 0.3 is 0 Å². The number of methoxy groups -OCH3 is 1. The summed E-state index contributed by atoms with van der Waals surface area (Å²) in [6.45, 7) is 6.97. The van der Waals surface area contributed by atoms with Crippen LogP contribution in [0.4, 0.5) is 0 Å². The number of benzene rings is 2. The van der Waals surface area contributed by atoms with Gasteiger partial charge in [0.05, 0.1) is 23.6 Å². The van der Waals surface area contributed by atoms with Crippen molar-refractivity contribution >= 4 is 16.9 Å². The summed E-state index contributed by atoms with van der Waals surface area (Å²) in [5.74, 6) is 0.276. The zero-order valence-electron chi connectivity index (χ0n) is 17.2. The van der Waals surface area contributed by atoms with E-state index in [-0.39, 0.29) is 17.1 Å². The molecule has 0 N–H and O–H groups in total. The van der Waals surface area contributed by atoms with E-state index >= 15 is 0 Å². The van der Waals surface area contributed by atoms with Gasteiger partial charge in [0, 0.05) is 13.7 Å². The number of rotatable bonds is 5. The summed E-state index contributed by atoms with van der Waals surface area (Å²) >= 11 is 0. The highest BCUT2D eigenvalue weighted by Crippen LogP contribution is 2.38. The molecule has 0 radical (unpaired) electrons. The van der Waals surface area contributed by atoms with Gasteiger partial charge in [0.15, 0.2) is 5.43 Å². The first-order valence-electron chi connectivity index (χ1n) is 9.89.